The minimum atomic E-state index is -4.08. The third-order valence-electron chi connectivity index (χ3n) is 6.19. The summed E-state index contributed by atoms with van der Waals surface area (Å²) in [5.41, 5.74) is -0.0348. The van der Waals surface area contributed by atoms with Crippen LogP contribution in [0.15, 0.2) is 29.3 Å². The second-order valence-electron chi connectivity index (χ2n) is 8.90. The van der Waals surface area contributed by atoms with Gasteiger partial charge in [0.05, 0.1) is 19.3 Å². The summed E-state index contributed by atoms with van der Waals surface area (Å²) in [4.78, 5) is 26.6. The minimum Gasteiger partial charge on any atom is -0.489 e. The molecule has 1 aromatic heterocycles. The van der Waals surface area contributed by atoms with Crippen molar-refractivity contribution in [1.29, 1.82) is 0 Å². The van der Waals surface area contributed by atoms with E-state index >= 15 is 0 Å². The van der Waals surface area contributed by atoms with Crippen LogP contribution in [0.5, 0.6) is 5.75 Å². The van der Waals surface area contributed by atoms with Crippen molar-refractivity contribution in [3.8, 4) is 5.75 Å². The summed E-state index contributed by atoms with van der Waals surface area (Å²) in [5, 5.41) is 2.67. The highest BCUT2D eigenvalue weighted by atomic mass is 32.2. The molecule has 3 heterocycles. The van der Waals surface area contributed by atoms with E-state index in [9.17, 15) is 22.4 Å². The Bertz CT molecular complexity index is 1260. The third-order valence-corrected chi connectivity index (χ3v) is 7.65. The number of halogens is 1. The first-order valence-electron chi connectivity index (χ1n) is 10.8. The summed E-state index contributed by atoms with van der Waals surface area (Å²) < 4.78 is 55.2. The number of carbonyl (C=O) groups is 2. The molecular formula is C22H27FN4O6S. The molecule has 184 valence electrons. The Labute approximate surface area is 197 Å². The molecule has 1 aromatic carbocycles. The molecule has 1 fully saturated rings. The van der Waals surface area contributed by atoms with E-state index in [2.05, 4.69) is 10.0 Å². The molecule has 4 rings (SSSR count). The van der Waals surface area contributed by atoms with E-state index in [4.69, 9.17) is 9.47 Å². The second-order valence-corrected chi connectivity index (χ2v) is 10.6. The number of rotatable bonds is 3. The number of aryl methyl sites for hydroxylation is 2. The Hall–Kier alpha value is -3.12. The number of nitrogens with one attached hydrogen (secondary N) is 2. The zero-order valence-corrected chi connectivity index (χ0v) is 20.2. The van der Waals surface area contributed by atoms with E-state index in [0.29, 0.717) is 11.3 Å². The number of hydrogen-bond donors (Lipinski definition) is 2. The highest BCUT2D eigenvalue weighted by molar-refractivity contribution is 7.89. The van der Waals surface area contributed by atoms with Crippen LogP contribution in [0.2, 0.25) is 0 Å². The topological polar surface area (TPSA) is 119 Å². The maximum atomic E-state index is 13.6. The molecule has 34 heavy (non-hydrogen) atoms. The molecule has 0 radical (unpaired) electrons. The van der Waals surface area contributed by atoms with Gasteiger partial charge in [-0.2, -0.15) is 0 Å². The maximum absolute atomic E-state index is 13.6. The number of ether oxygens (including phenoxy) is 2. The van der Waals surface area contributed by atoms with Crippen LogP contribution in [0.25, 0.3) is 0 Å². The van der Waals surface area contributed by atoms with Crippen molar-refractivity contribution < 1.29 is 31.9 Å². The van der Waals surface area contributed by atoms with Crippen molar-refractivity contribution in [2.45, 2.75) is 31.7 Å². The van der Waals surface area contributed by atoms with Gasteiger partial charge in [0.2, 0.25) is 10.0 Å². The first-order valence-corrected chi connectivity index (χ1v) is 12.3. The van der Waals surface area contributed by atoms with Crippen molar-refractivity contribution in [2.24, 2.45) is 12.5 Å². The Kier molecular flexibility index (Phi) is 6.06. The van der Waals surface area contributed by atoms with Crippen LogP contribution in [0.4, 0.5) is 14.9 Å². The number of nitrogens with zero attached hydrogens (tertiary/aromatic N) is 2. The highest BCUT2D eigenvalue weighted by Gasteiger charge is 2.50. The standard InChI is InChI=1S/C22H27FN4O6S/c1-5-32-21(29)27-10-17-22(3,11-27)12-33-19-16(34(30,31)25-17)9-26(4)18(19)20(28)24-14-6-7-15(23)13(2)8-14/h6-9,17,25H,5,10-12H2,1-4H3,(H,24,28)/t17-,22-/m0/s1. The fourth-order valence-corrected chi connectivity index (χ4v) is 5.86. The summed E-state index contributed by atoms with van der Waals surface area (Å²) in [6.45, 7) is 5.70. The monoisotopic (exact) mass is 494 g/mol. The summed E-state index contributed by atoms with van der Waals surface area (Å²) >= 11 is 0. The van der Waals surface area contributed by atoms with E-state index in [-0.39, 0.29) is 42.6 Å². The molecule has 0 bridgehead atoms. The van der Waals surface area contributed by atoms with Gasteiger partial charge in [-0.25, -0.2) is 22.3 Å². The van der Waals surface area contributed by atoms with Gasteiger partial charge >= 0.3 is 6.09 Å². The van der Waals surface area contributed by atoms with Gasteiger partial charge in [-0.15, -0.1) is 0 Å². The fourth-order valence-electron chi connectivity index (χ4n) is 4.30. The number of sulfonamides is 1. The number of benzene rings is 1. The molecule has 2 aliphatic rings. The summed E-state index contributed by atoms with van der Waals surface area (Å²) in [6, 6.07) is 3.53. The van der Waals surface area contributed by atoms with E-state index in [1.807, 2.05) is 6.92 Å². The zero-order valence-electron chi connectivity index (χ0n) is 19.3. The second kappa shape index (κ2) is 8.58. The lowest BCUT2D eigenvalue weighted by molar-refractivity contribution is 0.0994. The molecule has 0 aliphatic carbocycles. The van der Waals surface area contributed by atoms with Crippen LogP contribution < -0.4 is 14.8 Å². The van der Waals surface area contributed by atoms with E-state index < -0.39 is 39.3 Å². The number of aromatic nitrogens is 1. The van der Waals surface area contributed by atoms with Crippen LogP contribution in [0.1, 0.15) is 29.9 Å². The largest absolute Gasteiger partial charge is 0.489 e. The van der Waals surface area contributed by atoms with Gasteiger partial charge in [-0.05, 0) is 37.6 Å². The van der Waals surface area contributed by atoms with Crippen molar-refractivity contribution in [2.75, 3.05) is 31.6 Å². The van der Waals surface area contributed by atoms with Gasteiger partial charge in [0.1, 0.15) is 10.7 Å². The molecular weight excluding hydrogens is 467 g/mol. The van der Waals surface area contributed by atoms with Crippen LogP contribution in [0.3, 0.4) is 0 Å². The van der Waals surface area contributed by atoms with E-state index in [0.717, 1.165) is 0 Å². The van der Waals surface area contributed by atoms with Crippen LogP contribution >= 0.6 is 0 Å². The lowest BCUT2D eigenvalue weighted by Crippen LogP contribution is -2.49. The molecule has 2 atom stereocenters. The van der Waals surface area contributed by atoms with E-state index in [1.54, 1.807) is 20.9 Å². The quantitative estimate of drug-likeness (QED) is 0.676. The zero-order chi connectivity index (χ0) is 24.8. The van der Waals surface area contributed by atoms with Gasteiger partial charge < -0.3 is 24.3 Å². The highest BCUT2D eigenvalue weighted by Crippen LogP contribution is 2.39. The smallest absolute Gasteiger partial charge is 0.409 e. The number of anilines is 1. The molecule has 2 amide bonds. The Morgan fingerprint density at radius 1 is 1.38 bits per heavy atom. The molecule has 10 nitrogen and oxygen atoms in total. The third kappa shape index (κ3) is 4.23. The molecule has 0 spiro atoms. The summed E-state index contributed by atoms with van der Waals surface area (Å²) in [5.74, 6) is -1.09. The first-order chi connectivity index (χ1) is 15.9. The van der Waals surface area contributed by atoms with Gasteiger partial charge in [0, 0.05) is 37.4 Å². The predicted octanol–water partition coefficient (Wildman–Crippen LogP) is 2.24. The molecule has 1 saturated heterocycles. The van der Waals surface area contributed by atoms with Crippen molar-refractivity contribution in [3.63, 3.8) is 0 Å². The number of hydrogen-bond acceptors (Lipinski definition) is 6. The van der Waals surface area contributed by atoms with Crippen LogP contribution in [-0.4, -0.2) is 62.2 Å². The molecule has 2 N–H and O–H groups in total. The van der Waals surface area contributed by atoms with Crippen molar-refractivity contribution in [1.82, 2.24) is 14.2 Å². The average Bonchev–Trinajstić information content (AvgIpc) is 3.26. The van der Waals surface area contributed by atoms with Crippen molar-refractivity contribution >= 4 is 27.7 Å². The maximum Gasteiger partial charge on any atom is 0.409 e. The normalized spacial score (nSPS) is 23.2. The SMILES string of the molecule is CCOC(=O)N1C[C@@H]2NS(=O)(=O)c3cn(C)c(C(=O)Nc4ccc(F)c(C)c4)c3OC[C@]2(C)C1. The molecule has 0 unspecified atom stereocenters. The fraction of sp³-hybridized carbons (Fsp3) is 0.455. The summed E-state index contributed by atoms with van der Waals surface area (Å²) in [6.07, 6.45) is 0.783. The molecule has 12 heteroatoms. The Balaban J connectivity index is 1.66. The predicted molar refractivity (Wildman–Crippen MR) is 121 cm³/mol. The van der Waals surface area contributed by atoms with Crippen LogP contribution in [0, 0.1) is 18.2 Å². The lowest BCUT2D eigenvalue weighted by atomic mass is 9.87. The average molecular weight is 495 g/mol. The first kappa shape index (κ1) is 24.0. The number of fused-ring (bicyclic) bond motifs is 2. The van der Waals surface area contributed by atoms with Crippen LogP contribution in [-0.2, 0) is 21.8 Å². The summed E-state index contributed by atoms with van der Waals surface area (Å²) in [7, 11) is -2.54. The van der Waals surface area contributed by atoms with Gasteiger partial charge in [-0.3, -0.25) is 4.79 Å². The lowest BCUT2D eigenvalue weighted by Gasteiger charge is -2.32. The van der Waals surface area contributed by atoms with Crippen molar-refractivity contribution in [3.05, 3.63) is 41.5 Å². The molecule has 0 saturated carbocycles. The number of carbonyl (C=O) groups excluding carboxylic acids is 2. The Morgan fingerprint density at radius 3 is 2.79 bits per heavy atom. The number of likely N-dealkylation sites (tertiary alicyclic amines) is 1. The molecule has 2 aliphatic heterocycles. The van der Waals surface area contributed by atoms with Gasteiger partial charge in [0.15, 0.2) is 11.4 Å². The molecule has 2 aromatic rings. The van der Waals surface area contributed by atoms with E-state index in [1.165, 1.54) is 33.9 Å². The Morgan fingerprint density at radius 2 is 2.12 bits per heavy atom. The minimum absolute atomic E-state index is 0.00430. The van der Waals surface area contributed by atoms with Gasteiger partial charge in [-0.1, -0.05) is 6.92 Å². The number of amides is 2. The van der Waals surface area contributed by atoms with Gasteiger partial charge in [0.25, 0.3) is 5.91 Å².